The van der Waals surface area contributed by atoms with Crippen molar-refractivity contribution in [1.29, 1.82) is 0 Å². The van der Waals surface area contributed by atoms with E-state index in [1.54, 1.807) is 13.0 Å². The van der Waals surface area contributed by atoms with Gasteiger partial charge in [0.05, 0.1) is 12.2 Å². The number of halogens is 4. The van der Waals surface area contributed by atoms with Gasteiger partial charge in [0.1, 0.15) is 11.5 Å². The molecule has 3 heterocycles. The molecule has 5 nitrogen and oxygen atoms in total. The van der Waals surface area contributed by atoms with Gasteiger partial charge < -0.3 is 0 Å². The Morgan fingerprint density at radius 3 is 2.35 bits per heavy atom. The first-order chi connectivity index (χ1) is 17.6. The first-order valence-electron chi connectivity index (χ1n) is 12.2. The van der Waals surface area contributed by atoms with E-state index < -0.39 is 11.9 Å². The van der Waals surface area contributed by atoms with Crippen molar-refractivity contribution in [3.05, 3.63) is 99.2 Å². The minimum absolute atomic E-state index is 0.122. The van der Waals surface area contributed by atoms with Crippen molar-refractivity contribution in [2.24, 2.45) is 0 Å². The molecule has 0 bridgehead atoms. The fraction of sp³-hybridized carbons (Fsp3) is 0.357. The third-order valence-electron chi connectivity index (χ3n) is 6.48. The molecule has 37 heavy (non-hydrogen) atoms. The second-order valence-corrected chi connectivity index (χ2v) is 9.34. The number of fused-ring (bicyclic) bond motifs is 1. The van der Waals surface area contributed by atoms with Crippen LogP contribution >= 0.6 is 0 Å². The van der Waals surface area contributed by atoms with E-state index in [0.717, 1.165) is 49.3 Å². The van der Waals surface area contributed by atoms with Crippen LogP contribution in [0.2, 0.25) is 0 Å². The van der Waals surface area contributed by atoms with Crippen LogP contribution < -0.4 is 5.56 Å². The lowest BCUT2D eigenvalue weighted by atomic mass is 9.84. The van der Waals surface area contributed by atoms with Crippen LogP contribution in [0.3, 0.4) is 0 Å². The SMILES string of the molecule is Cc1ccc2cc(C3CCCCC3)c(=O)n(Cc3nccnc3C(F)(F)F)c2n1.Cc1cccc(F)c1. The minimum Gasteiger partial charge on any atom is -0.286 e. The fourth-order valence-corrected chi connectivity index (χ4v) is 4.69. The van der Waals surface area contributed by atoms with E-state index in [4.69, 9.17) is 0 Å². The van der Waals surface area contributed by atoms with E-state index in [0.29, 0.717) is 16.9 Å². The van der Waals surface area contributed by atoms with Crippen molar-refractivity contribution >= 4 is 11.0 Å². The summed E-state index contributed by atoms with van der Waals surface area (Å²) in [6.07, 6.45) is 2.65. The van der Waals surface area contributed by atoms with Crippen molar-refractivity contribution in [2.75, 3.05) is 0 Å². The highest BCUT2D eigenvalue weighted by atomic mass is 19.4. The lowest BCUT2D eigenvalue weighted by Gasteiger charge is -2.23. The average Bonchev–Trinajstić information content (AvgIpc) is 2.86. The first-order valence-corrected chi connectivity index (χ1v) is 12.2. The summed E-state index contributed by atoms with van der Waals surface area (Å²) in [5.41, 5.74) is 1.02. The highest BCUT2D eigenvalue weighted by molar-refractivity contribution is 5.76. The normalized spacial score (nSPS) is 14.3. The summed E-state index contributed by atoms with van der Waals surface area (Å²) in [4.78, 5) is 25.1. The molecule has 0 N–H and O–H groups in total. The lowest BCUT2D eigenvalue weighted by molar-refractivity contribution is -0.142. The van der Waals surface area contributed by atoms with Crippen LogP contribution in [-0.4, -0.2) is 19.5 Å². The average molecular weight is 513 g/mol. The first kappa shape index (κ1) is 26.4. The highest BCUT2D eigenvalue weighted by Crippen LogP contribution is 2.33. The van der Waals surface area contributed by atoms with Crippen LogP contribution in [-0.2, 0) is 12.7 Å². The molecular formula is C28H28F4N4O. The standard InChI is InChI=1S/C21H21F3N4O.C7H7F/c1-13-7-8-15-11-16(14-5-3-2-4-6-14)20(29)28(19(15)27-13)12-17-18(21(22,23)24)26-10-9-25-17;1-6-3-2-4-7(8)5-6/h7-11,14H,2-6,12H2,1H3;2-5H,1H3. The maximum Gasteiger partial charge on any atom is 0.435 e. The largest absolute Gasteiger partial charge is 0.435 e. The molecule has 4 aromatic rings. The molecule has 1 saturated carbocycles. The number of aryl methyl sites for hydroxylation is 2. The van der Waals surface area contributed by atoms with Gasteiger partial charge in [-0.2, -0.15) is 13.2 Å². The summed E-state index contributed by atoms with van der Waals surface area (Å²) in [6.45, 7) is 3.32. The summed E-state index contributed by atoms with van der Waals surface area (Å²) in [5, 5.41) is 0.744. The zero-order valence-corrected chi connectivity index (χ0v) is 20.7. The van der Waals surface area contributed by atoms with Crippen molar-refractivity contribution < 1.29 is 17.6 Å². The van der Waals surface area contributed by atoms with Gasteiger partial charge in [-0.05, 0) is 68.5 Å². The Morgan fingerprint density at radius 2 is 1.70 bits per heavy atom. The van der Waals surface area contributed by atoms with Gasteiger partial charge in [0.2, 0.25) is 0 Å². The number of pyridine rings is 2. The molecule has 1 fully saturated rings. The Hall–Kier alpha value is -3.62. The van der Waals surface area contributed by atoms with Crippen LogP contribution in [0.5, 0.6) is 0 Å². The van der Waals surface area contributed by atoms with Gasteiger partial charge in [0, 0.05) is 29.0 Å². The molecule has 0 atom stereocenters. The minimum atomic E-state index is -4.65. The van der Waals surface area contributed by atoms with Crippen molar-refractivity contribution in [1.82, 2.24) is 19.5 Å². The highest BCUT2D eigenvalue weighted by Gasteiger charge is 2.36. The van der Waals surface area contributed by atoms with E-state index in [-0.39, 0.29) is 29.5 Å². The summed E-state index contributed by atoms with van der Waals surface area (Å²) in [6, 6.07) is 12.1. The van der Waals surface area contributed by atoms with Crippen LogP contribution in [0, 0.1) is 19.7 Å². The predicted molar refractivity (Wildman–Crippen MR) is 134 cm³/mol. The molecule has 0 radical (unpaired) electrons. The molecule has 0 amide bonds. The number of nitrogens with zero attached hydrogens (tertiary/aromatic N) is 4. The maximum atomic E-state index is 13.4. The molecule has 1 aromatic carbocycles. The van der Waals surface area contributed by atoms with E-state index in [9.17, 15) is 22.4 Å². The Bertz CT molecular complexity index is 1430. The summed E-state index contributed by atoms with van der Waals surface area (Å²) < 4.78 is 53.7. The Balaban J connectivity index is 0.000000342. The quantitative estimate of drug-likeness (QED) is 0.285. The van der Waals surface area contributed by atoms with E-state index in [1.165, 1.54) is 22.9 Å². The number of hydrogen-bond acceptors (Lipinski definition) is 4. The van der Waals surface area contributed by atoms with Gasteiger partial charge in [0.15, 0.2) is 5.69 Å². The van der Waals surface area contributed by atoms with E-state index >= 15 is 0 Å². The summed E-state index contributed by atoms with van der Waals surface area (Å²) >= 11 is 0. The van der Waals surface area contributed by atoms with Gasteiger partial charge in [-0.25, -0.2) is 14.4 Å². The van der Waals surface area contributed by atoms with Gasteiger partial charge in [-0.15, -0.1) is 0 Å². The van der Waals surface area contributed by atoms with Crippen molar-refractivity contribution in [3.63, 3.8) is 0 Å². The second-order valence-electron chi connectivity index (χ2n) is 9.34. The third kappa shape index (κ3) is 6.39. The Labute approximate surface area is 212 Å². The fourth-order valence-electron chi connectivity index (χ4n) is 4.69. The molecule has 0 saturated heterocycles. The summed E-state index contributed by atoms with van der Waals surface area (Å²) in [5.74, 6) is -0.0397. The molecular weight excluding hydrogens is 484 g/mol. The number of alkyl halides is 3. The number of aromatic nitrogens is 4. The smallest absolute Gasteiger partial charge is 0.286 e. The molecule has 0 aliphatic heterocycles. The van der Waals surface area contributed by atoms with Gasteiger partial charge in [0.25, 0.3) is 5.56 Å². The van der Waals surface area contributed by atoms with E-state index in [2.05, 4.69) is 15.0 Å². The number of rotatable bonds is 3. The molecule has 0 spiro atoms. The number of hydrogen-bond donors (Lipinski definition) is 0. The Kier molecular flexibility index (Phi) is 8.00. The molecule has 9 heteroatoms. The van der Waals surface area contributed by atoms with Crippen LogP contribution in [0.15, 0.2) is 59.7 Å². The molecule has 1 aliphatic carbocycles. The third-order valence-corrected chi connectivity index (χ3v) is 6.48. The van der Waals surface area contributed by atoms with Crippen molar-refractivity contribution in [3.8, 4) is 0 Å². The van der Waals surface area contributed by atoms with Crippen LogP contribution in [0.4, 0.5) is 17.6 Å². The van der Waals surface area contributed by atoms with Crippen LogP contribution in [0.1, 0.15) is 66.2 Å². The number of benzene rings is 1. The summed E-state index contributed by atoms with van der Waals surface area (Å²) in [7, 11) is 0. The predicted octanol–water partition coefficient (Wildman–Crippen LogP) is 6.74. The monoisotopic (exact) mass is 512 g/mol. The van der Waals surface area contributed by atoms with Gasteiger partial charge >= 0.3 is 6.18 Å². The molecule has 1 aliphatic rings. The topological polar surface area (TPSA) is 60.7 Å². The zero-order chi connectivity index (χ0) is 26.6. The van der Waals surface area contributed by atoms with Crippen molar-refractivity contribution in [2.45, 2.75) is 64.6 Å². The van der Waals surface area contributed by atoms with Gasteiger partial charge in [-0.3, -0.25) is 14.3 Å². The zero-order valence-electron chi connectivity index (χ0n) is 20.7. The lowest BCUT2D eigenvalue weighted by Crippen LogP contribution is -2.29. The molecule has 0 unspecified atom stereocenters. The van der Waals surface area contributed by atoms with Gasteiger partial charge in [-0.1, -0.05) is 31.4 Å². The molecule has 5 rings (SSSR count). The van der Waals surface area contributed by atoms with E-state index in [1.807, 2.05) is 31.2 Å². The maximum absolute atomic E-state index is 13.4. The molecule has 3 aromatic heterocycles. The Morgan fingerprint density at radius 1 is 0.973 bits per heavy atom. The molecule has 194 valence electrons. The second kappa shape index (κ2) is 11.2. The van der Waals surface area contributed by atoms with Crippen LogP contribution in [0.25, 0.3) is 11.0 Å².